The summed E-state index contributed by atoms with van der Waals surface area (Å²) in [6.07, 6.45) is -5.09. The number of nitrogens with zero attached hydrogens (tertiary/aromatic N) is 2. The number of ether oxygens (including phenoxy) is 1. The Morgan fingerprint density at radius 1 is 1.31 bits per heavy atom. The molecule has 8 nitrogen and oxygen atoms in total. The second-order valence-corrected chi connectivity index (χ2v) is 7.47. The maximum absolute atomic E-state index is 12.8. The molecule has 0 saturated heterocycles. The Labute approximate surface area is 167 Å². The molecule has 0 unspecified atom stereocenters. The van der Waals surface area contributed by atoms with E-state index in [2.05, 4.69) is 10.4 Å². The largest absolute Gasteiger partial charge is 0.459 e. The molecule has 0 aromatic carbocycles. The number of carbonyl (C=O) groups is 3. The van der Waals surface area contributed by atoms with Gasteiger partial charge in [-0.25, -0.2) is 4.79 Å². The van der Waals surface area contributed by atoms with Crippen LogP contribution in [0.1, 0.15) is 50.8 Å². The molecule has 0 bridgehead atoms. The number of halogens is 3. The van der Waals surface area contributed by atoms with Gasteiger partial charge in [0.05, 0.1) is 16.5 Å². The van der Waals surface area contributed by atoms with E-state index in [4.69, 9.17) is 10.5 Å². The van der Waals surface area contributed by atoms with E-state index in [1.54, 1.807) is 13.8 Å². The van der Waals surface area contributed by atoms with Crippen molar-refractivity contribution in [3.63, 3.8) is 0 Å². The molecule has 29 heavy (non-hydrogen) atoms. The van der Waals surface area contributed by atoms with Crippen molar-refractivity contribution in [2.24, 2.45) is 5.73 Å². The van der Waals surface area contributed by atoms with Crippen LogP contribution in [0, 0.1) is 13.8 Å². The van der Waals surface area contributed by atoms with Crippen LogP contribution in [-0.2, 0) is 22.3 Å². The van der Waals surface area contributed by atoms with Crippen LogP contribution in [0.15, 0.2) is 6.07 Å². The van der Waals surface area contributed by atoms with Crippen molar-refractivity contribution < 1.29 is 32.3 Å². The number of rotatable bonds is 6. The third-order valence-corrected chi connectivity index (χ3v) is 4.96. The normalized spacial score (nSPS) is 11.6. The van der Waals surface area contributed by atoms with E-state index < -0.39 is 42.3 Å². The van der Waals surface area contributed by atoms with E-state index in [-0.39, 0.29) is 26.7 Å². The summed E-state index contributed by atoms with van der Waals surface area (Å²) in [5, 5.41) is 5.83. The van der Waals surface area contributed by atoms with Crippen molar-refractivity contribution in [2.75, 3.05) is 5.32 Å². The summed E-state index contributed by atoms with van der Waals surface area (Å²) in [7, 11) is 0. The number of esters is 1. The number of nitrogens with one attached hydrogen (secondary N) is 1. The van der Waals surface area contributed by atoms with Gasteiger partial charge in [0.1, 0.15) is 11.5 Å². The van der Waals surface area contributed by atoms with Gasteiger partial charge < -0.3 is 15.8 Å². The number of thiophene rings is 1. The van der Waals surface area contributed by atoms with E-state index in [0.29, 0.717) is 0 Å². The van der Waals surface area contributed by atoms with Crippen LogP contribution in [0.25, 0.3) is 0 Å². The molecule has 0 radical (unpaired) electrons. The van der Waals surface area contributed by atoms with Crippen LogP contribution in [0.5, 0.6) is 0 Å². The van der Waals surface area contributed by atoms with Gasteiger partial charge in [-0.3, -0.25) is 14.3 Å². The first-order valence-corrected chi connectivity index (χ1v) is 9.18. The molecule has 3 N–H and O–H groups in total. The molecule has 0 aliphatic carbocycles. The molecule has 2 aromatic heterocycles. The maximum atomic E-state index is 12.8. The van der Waals surface area contributed by atoms with Crippen LogP contribution in [0.2, 0.25) is 0 Å². The highest BCUT2D eigenvalue weighted by atomic mass is 32.1. The topological polar surface area (TPSA) is 116 Å². The molecular formula is C17H19F3N4O4S. The molecule has 2 aromatic rings. The van der Waals surface area contributed by atoms with Crippen molar-refractivity contribution in [3.8, 4) is 0 Å². The maximum Gasteiger partial charge on any atom is 0.435 e. The number of carbonyl (C=O) groups excluding carboxylic acids is 3. The highest BCUT2D eigenvalue weighted by Gasteiger charge is 2.34. The lowest BCUT2D eigenvalue weighted by atomic mass is 10.1. The zero-order valence-electron chi connectivity index (χ0n) is 16.0. The molecule has 12 heteroatoms. The standard InChI is InChI=1S/C17H19F3N4O4S/c1-7(2)28-16(27)12-9(4)13(14(21)26)29-15(12)22-11(25)6-24-8(3)5-10(23-24)17(18,19)20/h5,7H,6H2,1-4H3,(H2,21,26)(H,22,25). The Morgan fingerprint density at radius 2 is 1.93 bits per heavy atom. The van der Waals surface area contributed by atoms with Gasteiger partial charge in [-0.15, -0.1) is 11.3 Å². The molecular weight excluding hydrogens is 413 g/mol. The van der Waals surface area contributed by atoms with Gasteiger partial charge in [0, 0.05) is 5.69 Å². The Balaban J connectivity index is 2.30. The average molecular weight is 432 g/mol. The minimum Gasteiger partial charge on any atom is -0.459 e. The highest BCUT2D eigenvalue weighted by Crippen LogP contribution is 2.34. The number of hydrogen-bond donors (Lipinski definition) is 2. The number of primary amides is 1. The van der Waals surface area contributed by atoms with E-state index in [1.807, 2.05) is 0 Å². The Hall–Kier alpha value is -2.89. The summed E-state index contributed by atoms with van der Waals surface area (Å²) in [6, 6.07) is 0.819. The van der Waals surface area contributed by atoms with Crippen LogP contribution in [0.4, 0.5) is 18.2 Å². The lowest BCUT2D eigenvalue weighted by molar-refractivity contribution is -0.141. The zero-order chi connectivity index (χ0) is 22.1. The van der Waals surface area contributed by atoms with Crippen molar-refractivity contribution in [1.82, 2.24) is 9.78 Å². The molecule has 0 atom stereocenters. The first kappa shape index (κ1) is 22.4. The molecule has 2 heterocycles. The molecule has 0 saturated carbocycles. The van der Waals surface area contributed by atoms with Gasteiger partial charge in [-0.05, 0) is 39.3 Å². The minimum absolute atomic E-state index is 0.0211. The Bertz CT molecular complexity index is 963. The monoisotopic (exact) mass is 432 g/mol. The number of aromatic nitrogens is 2. The zero-order valence-corrected chi connectivity index (χ0v) is 16.8. The predicted octanol–water partition coefficient (Wildman–Crippen LogP) is 2.88. The predicted molar refractivity (Wildman–Crippen MR) is 98.7 cm³/mol. The van der Waals surface area contributed by atoms with Crippen molar-refractivity contribution >= 4 is 34.1 Å². The first-order valence-electron chi connectivity index (χ1n) is 8.37. The lowest BCUT2D eigenvalue weighted by Crippen LogP contribution is -2.22. The number of hydrogen-bond acceptors (Lipinski definition) is 6. The van der Waals surface area contributed by atoms with Crippen molar-refractivity contribution in [2.45, 2.75) is 46.5 Å². The SMILES string of the molecule is Cc1c(C(N)=O)sc(NC(=O)Cn2nc(C(F)(F)F)cc2C)c1C(=O)OC(C)C. The summed E-state index contributed by atoms with van der Waals surface area (Å²) in [5.74, 6) is -2.28. The Morgan fingerprint density at radius 3 is 2.41 bits per heavy atom. The average Bonchev–Trinajstić information content (AvgIpc) is 3.07. The third kappa shape index (κ3) is 5.13. The van der Waals surface area contributed by atoms with Crippen molar-refractivity contribution in [3.05, 3.63) is 33.5 Å². The second-order valence-electron chi connectivity index (χ2n) is 6.45. The minimum atomic E-state index is -4.64. The second kappa shape index (κ2) is 8.23. The quantitative estimate of drug-likeness (QED) is 0.681. The number of anilines is 1. The fourth-order valence-electron chi connectivity index (χ4n) is 2.47. The number of alkyl halides is 3. The number of nitrogens with two attached hydrogens (primary N) is 1. The smallest absolute Gasteiger partial charge is 0.435 e. The van der Waals surface area contributed by atoms with Crippen LogP contribution >= 0.6 is 11.3 Å². The summed E-state index contributed by atoms with van der Waals surface area (Å²) < 4.78 is 44.3. The summed E-state index contributed by atoms with van der Waals surface area (Å²) in [6.45, 7) is 5.60. The summed E-state index contributed by atoms with van der Waals surface area (Å²) >= 11 is 0.785. The molecule has 2 amide bonds. The van der Waals surface area contributed by atoms with Gasteiger partial charge in [-0.2, -0.15) is 18.3 Å². The first-order chi connectivity index (χ1) is 13.3. The molecule has 158 valence electrons. The fraction of sp³-hybridized carbons (Fsp3) is 0.412. The molecule has 0 spiro atoms. The van der Waals surface area contributed by atoms with E-state index in [1.165, 1.54) is 13.8 Å². The van der Waals surface area contributed by atoms with E-state index in [0.717, 1.165) is 22.1 Å². The van der Waals surface area contributed by atoms with Gasteiger partial charge >= 0.3 is 12.1 Å². The van der Waals surface area contributed by atoms with Crippen LogP contribution in [-0.4, -0.2) is 33.7 Å². The molecule has 0 aliphatic heterocycles. The van der Waals surface area contributed by atoms with Gasteiger partial charge in [0.15, 0.2) is 5.69 Å². The summed E-state index contributed by atoms with van der Waals surface area (Å²) in [5.41, 5.74) is 4.53. The third-order valence-electron chi connectivity index (χ3n) is 3.74. The lowest BCUT2D eigenvalue weighted by Gasteiger charge is -2.11. The van der Waals surface area contributed by atoms with Gasteiger partial charge in [0.25, 0.3) is 5.91 Å². The number of aryl methyl sites for hydroxylation is 1. The molecule has 0 aliphatic rings. The summed E-state index contributed by atoms with van der Waals surface area (Å²) in [4.78, 5) is 36.4. The van der Waals surface area contributed by atoms with Crippen molar-refractivity contribution in [1.29, 1.82) is 0 Å². The van der Waals surface area contributed by atoms with E-state index >= 15 is 0 Å². The molecule has 0 fully saturated rings. The van der Waals surface area contributed by atoms with Gasteiger partial charge in [-0.1, -0.05) is 0 Å². The highest BCUT2D eigenvalue weighted by molar-refractivity contribution is 7.18. The van der Waals surface area contributed by atoms with E-state index in [9.17, 15) is 27.6 Å². The number of amides is 2. The fourth-order valence-corrected chi connectivity index (χ4v) is 3.53. The Kier molecular flexibility index (Phi) is 6.36. The van der Waals surface area contributed by atoms with Crippen LogP contribution in [0.3, 0.4) is 0 Å². The van der Waals surface area contributed by atoms with Crippen LogP contribution < -0.4 is 11.1 Å². The molecule has 2 rings (SSSR count). The van der Waals surface area contributed by atoms with Gasteiger partial charge in [0.2, 0.25) is 5.91 Å².